The molecule has 0 aliphatic heterocycles. The number of hydrogen-bond donors (Lipinski definition) is 6. The van der Waals surface area contributed by atoms with E-state index in [2.05, 4.69) is 16.0 Å². The van der Waals surface area contributed by atoms with Gasteiger partial charge in [0.05, 0.1) is 12.5 Å². The van der Waals surface area contributed by atoms with Crippen molar-refractivity contribution in [2.45, 2.75) is 51.4 Å². The van der Waals surface area contributed by atoms with Crippen LogP contribution < -0.4 is 27.4 Å². The van der Waals surface area contributed by atoms with E-state index < -0.39 is 60.2 Å². The Balaban J connectivity index is 4.91. The molecule has 0 aromatic carbocycles. The first-order valence-electron chi connectivity index (χ1n) is 7.13. The van der Waals surface area contributed by atoms with Gasteiger partial charge in [0, 0.05) is 0 Å². The van der Waals surface area contributed by atoms with Gasteiger partial charge in [-0.2, -0.15) is 0 Å². The number of nitrogens with one attached hydrogen (secondary N) is 3. The molecular formula is C13H23N5O6. The zero-order valence-electron chi connectivity index (χ0n) is 13.7. The Hall–Kier alpha value is -2.69. The summed E-state index contributed by atoms with van der Waals surface area (Å²) in [6, 6.07) is -4.45. The zero-order chi connectivity index (χ0) is 19.0. The van der Waals surface area contributed by atoms with Gasteiger partial charge in [-0.1, -0.05) is 0 Å². The van der Waals surface area contributed by atoms with E-state index in [0.717, 1.165) is 0 Å². The summed E-state index contributed by atoms with van der Waals surface area (Å²) in [5.74, 6) is -4.38. The smallest absolute Gasteiger partial charge is 0.325 e. The molecule has 0 aliphatic carbocycles. The minimum atomic E-state index is -1.37. The summed E-state index contributed by atoms with van der Waals surface area (Å²) in [7, 11) is 0. The molecular weight excluding hydrogens is 322 g/mol. The molecule has 0 saturated carbocycles. The van der Waals surface area contributed by atoms with Crippen molar-refractivity contribution < 1.29 is 29.1 Å². The maximum Gasteiger partial charge on any atom is 0.325 e. The highest BCUT2D eigenvalue weighted by Crippen LogP contribution is 1.96. The number of carbonyl (C=O) groups excluding carboxylic acids is 4. The van der Waals surface area contributed by atoms with Crippen LogP contribution in [0.5, 0.6) is 0 Å². The summed E-state index contributed by atoms with van der Waals surface area (Å²) in [4.78, 5) is 57.2. The molecule has 0 saturated heterocycles. The van der Waals surface area contributed by atoms with Gasteiger partial charge in [0.15, 0.2) is 0 Å². The SMILES string of the molecule is C[C@H](N)C(=O)N[C@@H](C)C(=O)N[C@@H](CC(N)=O)C(=O)N[C@@H](C)C(=O)O. The minimum absolute atomic E-state index is 0.530. The maximum absolute atomic E-state index is 12.0. The number of aliphatic carboxylic acids is 1. The second-order valence-corrected chi connectivity index (χ2v) is 5.32. The lowest BCUT2D eigenvalue weighted by Crippen LogP contribution is -2.56. The topological polar surface area (TPSA) is 194 Å². The summed E-state index contributed by atoms with van der Waals surface area (Å²) < 4.78 is 0. The first kappa shape index (κ1) is 21.3. The van der Waals surface area contributed by atoms with Gasteiger partial charge in [0.25, 0.3) is 0 Å². The second-order valence-electron chi connectivity index (χ2n) is 5.32. The van der Waals surface area contributed by atoms with E-state index in [1.807, 2.05) is 0 Å². The van der Waals surface area contributed by atoms with Gasteiger partial charge >= 0.3 is 5.97 Å². The van der Waals surface area contributed by atoms with Gasteiger partial charge in [-0.05, 0) is 20.8 Å². The van der Waals surface area contributed by atoms with Crippen molar-refractivity contribution in [2.24, 2.45) is 11.5 Å². The van der Waals surface area contributed by atoms with E-state index in [1.165, 1.54) is 20.8 Å². The van der Waals surface area contributed by atoms with Crippen LogP contribution in [0.25, 0.3) is 0 Å². The molecule has 4 amide bonds. The molecule has 0 unspecified atom stereocenters. The van der Waals surface area contributed by atoms with Crippen molar-refractivity contribution in [1.82, 2.24) is 16.0 Å². The van der Waals surface area contributed by atoms with Crippen LogP contribution in [0, 0.1) is 0 Å². The van der Waals surface area contributed by atoms with Crippen molar-refractivity contribution in [1.29, 1.82) is 0 Å². The molecule has 0 aliphatic rings. The van der Waals surface area contributed by atoms with E-state index in [0.29, 0.717) is 0 Å². The molecule has 24 heavy (non-hydrogen) atoms. The Kier molecular flexibility index (Phi) is 8.39. The molecule has 0 fully saturated rings. The lowest BCUT2D eigenvalue weighted by atomic mass is 10.1. The van der Waals surface area contributed by atoms with Crippen LogP contribution in [0.4, 0.5) is 0 Å². The van der Waals surface area contributed by atoms with Crippen molar-refractivity contribution in [3.63, 3.8) is 0 Å². The predicted molar refractivity (Wildman–Crippen MR) is 82.2 cm³/mol. The first-order valence-corrected chi connectivity index (χ1v) is 7.13. The fraction of sp³-hybridized carbons (Fsp3) is 0.615. The third-order valence-electron chi connectivity index (χ3n) is 2.93. The van der Waals surface area contributed by atoms with Gasteiger partial charge in [0.1, 0.15) is 18.1 Å². The fourth-order valence-corrected chi connectivity index (χ4v) is 1.49. The Morgan fingerprint density at radius 2 is 1.38 bits per heavy atom. The minimum Gasteiger partial charge on any atom is -0.480 e. The van der Waals surface area contributed by atoms with Crippen LogP contribution >= 0.6 is 0 Å². The Morgan fingerprint density at radius 1 is 0.875 bits per heavy atom. The van der Waals surface area contributed by atoms with Crippen molar-refractivity contribution in [3.05, 3.63) is 0 Å². The van der Waals surface area contributed by atoms with Gasteiger partial charge in [0.2, 0.25) is 23.6 Å². The average molecular weight is 345 g/mol. The Morgan fingerprint density at radius 3 is 1.79 bits per heavy atom. The molecule has 0 aromatic rings. The van der Waals surface area contributed by atoms with Crippen LogP contribution in [0.1, 0.15) is 27.2 Å². The fourth-order valence-electron chi connectivity index (χ4n) is 1.49. The number of carbonyl (C=O) groups is 5. The molecule has 0 aromatic heterocycles. The van der Waals surface area contributed by atoms with Crippen LogP contribution in [-0.4, -0.2) is 58.9 Å². The summed E-state index contributed by atoms with van der Waals surface area (Å²) in [5.41, 5.74) is 10.4. The van der Waals surface area contributed by atoms with Crippen molar-refractivity contribution in [2.75, 3.05) is 0 Å². The third-order valence-corrected chi connectivity index (χ3v) is 2.93. The number of hydrogen-bond acceptors (Lipinski definition) is 6. The molecule has 136 valence electrons. The summed E-state index contributed by atoms with van der Waals surface area (Å²) in [5, 5.41) is 15.4. The summed E-state index contributed by atoms with van der Waals surface area (Å²) >= 11 is 0. The molecule has 0 bridgehead atoms. The molecule has 11 nitrogen and oxygen atoms in total. The van der Waals surface area contributed by atoms with Crippen molar-refractivity contribution >= 4 is 29.6 Å². The number of amides is 4. The first-order chi connectivity index (χ1) is 11.0. The highest BCUT2D eigenvalue weighted by Gasteiger charge is 2.28. The maximum atomic E-state index is 12.0. The largest absolute Gasteiger partial charge is 0.480 e. The van der Waals surface area contributed by atoms with Gasteiger partial charge in [-0.3, -0.25) is 24.0 Å². The molecule has 0 heterocycles. The van der Waals surface area contributed by atoms with Gasteiger partial charge < -0.3 is 32.5 Å². The van der Waals surface area contributed by atoms with Gasteiger partial charge in [-0.25, -0.2) is 0 Å². The van der Waals surface area contributed by atoms with Crippen LogP contribution in [0.2, 0.25) is 0 Å². The number of carboxylic acids is 1. The summed E-state index contributed by atoms with van der Waals surface area (Å²) in [6.45, 7) is 4.00. The lowest BCUT2D eigenvalue weighted by Gasteiger charge is -2.21. The number of rotatable bonds is 9. The highest BCUT2D eigenvalue weighted by molar-refractivity contribution is 5.95. The normalized spacial score (nSPS) is 15.3. The van der Waals surface area contributed by atoms with E-state index >= 15 is 0 Å². The molecule has 0 spiro atoms. The second kappa shape index (κ2) is 9.45. The molecule has 0 rings (SSSR count). The standard InChI is InChI=1S/C13H23N5O6/c1-5(14)10(20)16-6(2)11(21)18-8(4-9(15)19)12(22)17-7(3)13(23)24/h5-8H,4,14H2,1-3H3,(H2,15,19)(H,16,20)(H,17,22)(H,18,21)(H,23,24)/t5-,6-,7-,8-/m0/s1. The predicted octanol–water partition coefficient (Wildman–Crippen LogP) is -3.21. The van der Waals surface area contributed by atoms with Crippen LogP contribution in [-0.2, 0) is 24.0 Å². The average Bonchev–Trinajstić information content (AvgIpc) is 2.45. The molecule has 4 atom stereocenters. The van der Waals surface area contributed by atoms with Gasteiger partial charge in [-0.15, -0.1) is 0 Å². The Labute approximate surface area is 138 Å². The zero-order valence-corrected chi connectivity index (χ0v) is 13.7. The third kappa shape index (κ3) is 7.54. The Bertz CT molecular complexity index is 521. The van der Waals surface area contributed by atoms with E-state index in [4.69, 9.17) is 16.6 Å². The van der Waals surface area contributed by atoms with Crippen molar-refractivity contribution in [3.8, 4) is 0 Å². The number of carboxylic acid groups (broad SMARTS) is 1. The monoisotopic (exact) mass is 345 g/mol. The highest BCUT2D eigenvalue weighted by atomic mass is 16.4. The molecule has 11 heteroatoms. The van der Waals surface area contributed by atoms with Crippen LogP contribution in [0.15, 0.2) is 0 Å². The molecule has 8 N–H and O–H groups in total. The number of nitrogens with two attached hydrogens (primary N) is 2. The lowest BCUT2D eigenvalue weighted by molar-refractivity contribution is -0.142. The van der Waals surface area contributed by atoms with Crippen LogP contribution in [0.3, 0.4) is 0 Å². The number of primary amides is 1. The quantitative estimate of drug-likeness (QED) is 0.253. The summed E-state index contributed by atoms with van der Waals surface area (Å²) in [6.07, 6.45) is -0.530. The van der Waals surface area contributed by atoms with E-state index in [1.54, 1.807) is 0 Å². The van der Waals surface area contributed by atoms with E-state index in [9.17, 15) is 24.0 Å². The molecule has 0 radical (unpaired) electrons. The van der Waals surface area contributed by atoms with E-state index in [-0.39, 0.29) is 0 Å².